The first-order valence-corrected chi connectivity index (χ1v) is 9.44. The van der Waals surface area contributed by atoms with Gasteiger partial charge in [-0.15, -0.1) is 0 Å². The molecule has 0 saturated carbocycles. The lowest BCUT2D eigenvalue weighted by molar-refractivity contribution is -0.276. The molecule has 1 aliphatic rings. The monoisotopic (exact) mass is 418 g/mol. The van der Waals surface area contributed by atoms with Crippen LogP contribution in [0, 0.1) is 6.92 Å². The van der Waals surface area contributed by atoms with E-state index in [1.54, 1.807) is 13.0 Å². The topological polar surface area (TPSA) is 173 Å². The molecule has 0 radical (unpaired) electrons. The molecule has 1 aromatic heterocycles. The van der Waals surface area contributed by atoms with Crippen molar-refractivity contribution < 1.29 is 46.4 Å². The predicted octanol–water partition coefficient (Wildman–Crippen LogP) is -0.893. The highest BCUT2D eigenvalue weighted by Crippen LogP contribution is 2.27. The maximum absolute atomic E-state index is 11.5. The Morgan fingerprint density at radius 3 is 2.50 bits per heavy atom. The van der Waals surface area contributed by atoms with Crippen LogP contribution in [0.15, 0.2) is 33.5 Å². The first-order valence-electron chi connectivity index (χ1n) is 8.08. The zero-order valence-corrected chi connectivity index (χ0v) is 15.3. The summed E-state index contributed by atoms with van der Waals surface area (Å²) in [7, 11) is -4.80. The van der Waals surface area contributed by atoms with Gasteiger partial charge >= 0.3 is 16.0 Å². The summed E-state index contributed by atoms with van der Waals surface area (Å²) >= 11 is 0. The van der Waals surface area contributed by atoms with E-state index in [-0.39, 0.29) is 11.3 Å². The van der Waals surface area contributed by atoms with Crippen LogP contribution in [0.3, 0.4) is 0 Å². The lowest BCUT2D eigenvalue weighted by Crippen LogP contribution is -2.60. The van der Waals surface area contributed by atoms with Crippen LogP contribution in [0.1, 0.15) is 5.56 Å². The third-order valence-electron chi connectivity index (χ3n) is 4.22. The minimum Gasteiger partial charge on any atom is -0.462 e. The van der Waals surface area contributed by atoms with Crippen molar-refractivity contribution in [3.63, 3.8) is 0 Å². The molecule has 0 aliphatic carbocycles. The third-order valence-corrected chi connectivity index (χ3v) is 4.66. The molecule has 1 aliphatic heterocycles. The number of hydrogen-bond donors (Lipinski definition) is 4. The fourth-order valence-corrected chi connectivity index (χ4v) is 3.12. The zero-order valence-electron chi connectivity index (χ0n) is 14.5. The molecule has 1 fully saturated rings. The van der Waals surface area contributed by atoms with Crippen molar-refractivity contribution in [2.75, 3.05) is 6.61 Å². The van der Waals surface area contributed by atoms with Crippen LogP contribution in [0.25, 0.3) is 11.0 Å². The number of hydrogen-bond acceptors (Lipinski definition) is 10. The molecule has 3 unspecified atom stereocenters. The molecule has 2 aromatic rings. The van der Waals surface area contributed by atoms with Gasteiger partial charge in [0.2, 0.25) is 6.29 Å². The average molecular weight is 418 g/mol. The predicted molar refractivity (Wildman–Crippen MR) is 92.0 cm³/mol. The SMILES string of the molecule is Cc1cc(=O)oc2cc(O[C@@H]3OC(COS(=O)(=O)O)[C@H](O)C(O)C3O)ccc12. The van der Waals surface area contributed by atoms with E-state index in [4.69, 9.17) is 18.4 Å². The number of aryl methyl sites for hydroxylation is 1. The number of rotatable bonds is 5. The van der Waals surface area contributed by atoms with Gasteiger partial charge in [-0.25, -0.2) is 8.98 Å². The van der Waals surface area contributed by atoms with Gasteiger partial charge in [0.05, 0.1) is 6.61 Å². The highest BCUT2D eigenvalue weighted by Gasteiger charge is 2.45. The second-order valence-electron chi connectivity index (χ2n) is 6.25. The molecule has 1 saturated heterocycles. The van der Waals surface area contributed by atoms with Crippen molar-refractivity contribution >= 4 is 21.4 Å². The average Bonchev–Trinajstić information content (AvgIpc) is 2.60. The minimum atomic E-state index is -4.80. The molecular formula is C16H18O11S. The number of aliphatic hydroxyl groups excluding tert-OH is 3. The van der Waals surface area contributed by atoms with Gasteiger partial charge in [-0.2, -0.15) is 8.42 Å². The van der Waals surface area contributed by atoms with E-state index in [1.165, 1.54) is 18.2 Å². The minimum absolute atomic E-state index is 0.114. The van der Waals surface area contributed by atoms with Gasteiger partial charge in [0.1, 0.15) is 35.7 Å². The van der Waals surface area contributed by atoms with Crippen LogP contribution in [-0.4, -0.2) is 65.6 Å². The molecule has 2 heterocycles. The normalized spacial score (nSPS) is 28.4. The quantitative estimate of drug-likeness (QED) is 0.350. The first-order chi connectivity index (χ1) is 13.0. The Balaban J connectivity index is 1.81. The number of aliphatic hydroxyl groups is 3. The third kappa shape index (κ3) is 4.50. The summed E-state index contributed by atoms with van der Waals surface area (Å²) in [4.78, 5) is 11.5. The summed E-state index contributed by atoms with van der Waals surface area (Å²) in [5, 5.41) is 30.6. The van der Waals surface area contributed by atoms with Crippen LogP contribution in [0.2, 0.25) is 0 Å². The highest BCUT2D eigenvalue weighted by molar-refractivity contribution is 7.80. The Morgan fingerprint density at radius 1 is 1.11 bits per heavy atom. The molecule has 28 heavy (non-hydrogen) atoms. The fraction of sp³-hybridized carbons (Fsp3) is 0.438. The fourth-order valence-electron chi connectivity index (χ4n) is 2.82. The maximum atomic E-state index is 11.5. The Kier molecular flexibility index (Phi) is 5.72. The van der Waals surface area contributed by atoms with E-state index < -0.39 is 53.3 Å². The van der Waals surface area contributed by atoms with Crippen LogP contribution < -0.4 is 10.4 Å². The number of fused-ring (bicyclic) bond motifs is 1. The summed E-state index contributed by atoms with van der Waals surface area (Å²) in [6.45, 7) is 0.904. The van der Waals surface area contributed by atoms with Crippen LogP contribution in [0.4, 0.5) is 0 Å². The summed E-state index contributed by atoms with van der Waals surface area (Å²) in [6.07, 6.45) is -8.06. The zero-order chi connectivity index (χ0) is 20.6. The van der Waals surface area contributed by atoms with Gasteiger partial charge in [0.25, 0.3) is 0 Å². The van der Waals surface area contributed by atoms with Crippen molar-refractivity contribution in [2.45, 2.75) is 37.6 Å². The first kappa shape index (κ1) is 20.7. The molecule has 5 atom stereocenters. The number of ether oxygens (including phenoxy) is 2. The van der Waals surface area contributed by atoms with Gasteiger partial charge in [-0.1, -0.05) is 0 Å². The van der Waals surface area contributed by atoms with Crippen LogP contribution in [-0.2, 0) is 19.3 Å². The number of benzene rings is 1. The van der Waals surface area contributed by atoms with E-state index in [0.717, 1.165) is 0 Å². The van der Waals surface area contributed by atoms with E-state index in [1.807, 2.05) is 0 Å². The molecule has 12 heteroatoms. The molecule has 4 N–H and O–H groups in total. The summed E-state index contributed by atoms with van der Waals surface area (Å²) in [5.41, 5.74) is 0.351. The molecular weight excluding hydrogens is 400 g/mol. The van der Waals surface area contributed by atoms with Gasteiger partial charge in [-0.3, -0.25) is 4.55 Å². The van der Waals surface area contributed by atoms with Crippen molar-refractivity contribution in [2.24, 2.45) is 0 Å². The summed E-state index contributed by atoms with van der Waals surface area (Å²) in [6, 6.07) is 5.82. The highest BCUT2D eigenvalue weighted by atomic mass is 32.3. The van der Waals surface area contributed by atoms with Crippen molar-refractivity contribution in [3.8, 4) is 5.75 Å². The van der Waals surface area contributed by atoms with Gasteiger partial charge in [0, 0.05) is 17.5 Å². The molecule has 154 valence electrons. The molecule has 11 nitrogen and oxygen atoms in total. The van der Waals surface area contributed by atoms with Crippen molar-refractivity contribution in [3.05, 3.63) is 40.2 Å². The molecule has 0 bridgehead atoms. The Hall–Kier alpha value is -2.06. The molecule has 1 aromatic carbocycles. The van der Waals surface area contributed by atoms with Crippen molar-refractivity contribution in [1.82, 2.24) is 0 Å². The van der Waals surface area contributed by atoms with Crippen molar-refractivity contribution in [1.29, 1.82) is 0 Å². The second-order valence-corrected chi connectivity index (χ2v) is 7.34. The maximum Gasteiger partial charge on any atom is 0.397 e. The lowest BCUT2D eigenvalue weighted by Gasteiger charge is -2.39. The lowest BCUT2D eigenvalue weighted by atomic mass is 9.99. The molecule has 3 rings (SSSR count). The van der Waals surface area contributed by atoms with Gasteiger partial charge in [0.15, 0.2) is 0 Å². The van der Waals surface area contributed by atoms with Gasteiger partial charge < -0.3 is 29.2 Å². The smallest absolute Gasteiger partial charge is 0.397 e. The Bertz CT molecular complexity index is 1010. The Labute approximate surface area is 158 Å². The standard InChI is InChI=1S/C16H18O11S/c1-7-4-12(17)26-10-5-8(2-3-9(7)10)25-16-15(20)14(19)13(18)11(27-16)6-24-28(21,22)23/h2-5,11,13-16,18-20H,6H2,1H3,(H,21,22,23)/t11?,13-,14?,15?,16+/m0/s1. The molecule has 0 amide bonds. The largest absolute Gasteiger partial charge is 0.462 e. The van der Waals surface area contributed by atoms with E-state index >= 15 is 0 Å². The molecule has 0 spiro atoms. The van der Waals surface area contributed by atoms with E-state index in [0.29, 0.717) is 10.9 Å². The van der Waals surface area contributed by atoms with Crippen LogP contribution in [0.5, 0.6) is 5.75 Å². The van der Waals surface area contributed by atoms with Crippen LogP contribution >= 0.6 is 0 Å². The van der Waals surface area contributed by atoms with E-state index in [9.17, 15) is 28.5 Å². The van der Waals surface area contributed by atoms with E-state index in [2.05, 4.69) is 4.18 Å². The second kappa shape index (κ2) is 7.75. The Morgan fingerprint density at radius 2 is 1.82 bits per heavy atom. The summed E-state index contributed by atoms with van der Waals surface area (Å²) in [5.74, 6) is 0.114. The van der Waals surface area contributed by atoms with Gasteiger partial charge in [-0.05, 0) is 24.6 Å². The summed E-state index contributed by atoms with van der Waals surface area (Å²) < 4.78 is 50.0.